The maximum Gasteiger partial charge on any atom is 0.252 e. The molecule has 0 spiro atoms. The van der Waals surface area contributed by atoms with E-state index >= 15 is 0 Å². The highest BCUT2D eigenvalue weighted by molar-refractivity contribution is 5.76. The molecule has 1 saturated carbocycles. The van der Waals surface area contributed by atoms with Crippen molar-refractivity contribution in [1.29, 1.82) is 0 Å². The Morgan fingerprint density at radius 1 is 1.44 bits per heavy atom. The fourth-order valence-corrected chi connectivity index (χ4v) is 3.40. The van der Waals surface area contributed by atoms with Gasteiger partial charge in [-0.3, -0.25) is 19.3 Å². The van der Waals surface area contributed by atoms with Crippen molar-refractivity contribution in [3.63, 3.8) is 0 Å². The van der Waals surface area contributed by atoms with Crippen LogP contribution in [0.1, 0.15) is 47.8 Å². The minimum absolute atomic E-state index is 0.0458. The van der Waals surface area contributed by atoms with E-state index in [0.717, 1.165) is 29.8 Å². The molecule has 1 amide bonds. The molecule has 134 valence electrons. The first-order valence-electron chi connectivity index (χ1n) is 8.48. The summed E-state index contributed by atoms with van der Waals surface area (Å²) in [6.45, 7) is 3.99. The topological polar surface area (TPSA) is 119 Å². The van der Waals surface area contributed by atoms with E-state index in [4.69, 9.17) is 5.73 Å². The van der Waals surface area contributed by atoms with Crippen LogP contribution in [0.3, 0.4) is 0 Å². The van der Waals surface area contributed by atoms with Crippen molar-refractivity contribution < 1.29 is 4.79 Å². The van der Waals surface area contributed by atoms with Crippen molar-refractivity contribution in [2.24, 2.45) is 7.05 Å². The van der Waals surface area contributed by atoms with Gasteiger partial charge in [0.1, 0.15) is 0 Å². The molecule has 1 aliphatic carbocycles. The van der Waals surface area contributed by atoms with Gasteiger partial charge in [0.2, 0.25) is 11.9 Å². The molecule has 3 rings (SSSR count). The number of nitrogens with one attached hydrogen (secondary N) is 2. The molecular formula is C17H24N6O2. The molecule has 0 aliphatic heterocycles. The Balaban J connectivity index is 1.48. The summed E-state index contributed by atoms with van der Waals surface area (Å²) < 4.78 is 1.85. The second kappa shape index (κ2) is 6.70. The molecule has 0 atom stereocenters. The lowest BCUT2D eigenvalue weighted by Gasteiger charge is -2.35. The average Bonchev–Trinajstić information content (AvgIpc) is 2.72. The number of nitrogens with two attached hydrogens (primary N) is 1. The Labute approximate surface area is 145 Å². The number of anilines is 1. The Morgan fingerprint density at radius 2 is 2.16 bits per heavy atom. The van der Waals surface area contributed by atoms with Gasteiger partial charge in [0.05, 0.1) is 11.4 Å². The number of hydrogen-bond donors (Lipinski definition) is 3. The zero-order valence-electron chi connectivity index (χ0n) is 14.8. The number of nitrogens with zero attached hydrogens (tertiary/aromatic N) is 3. The van der Waals surface area contributed by atoms with Crippen molar-refractivity contribution in [3.8, 4) is 0 Å². The molecular weight excluding hydrogens is 320 g/mol. The molecule has 1 aliphatic rings. The summed E-state index contributed by atoms with van der Waals surface area (Å²) >= 11 is 0. The predicted molar refractivity (Wildman–Crippen MR) is 94.2 cm³/mol. The molecule has 8 heteroatoms. The maximum absolute atomic E-state index is 12.2. The summed E-state index contributed by atoms with van der Waals surface area (Å²) in [5, 5.41) is 7.42. The number of carbonyl (C=O) groups is 1. The van der Waals surface area contributed by atoms with Gasteiger partial charge < -0.3 is 11.1 Å². The van der Waals surface area contributed by atoms with E-state index in [-0.39, 0.29) is 29.4 Å². The fourth-order valence-electron chi connectivity index (χ4n) is 3.40. The monoisotopic (exact) mass is 344 g/mol. The van der Waals surface area contributed by atoms with E-state index < -0.39 is 0 Å². The summed E-state index contributed by atoms with van der Waals surface area (Å²) in [5.74, 6) is 0.361. The van der Waals surface area contributed by atoms with Crippen molar-refractivity contribution in [2.45, 2.75) is 51.5 Å². The second-order valence-corrected chi connectivity index (χ2v) is 6.76. The minimum atomic E-state index is -0.239. The summed E-state index contributed by atoms with van der Waals surface area (Å²) in [7, 11) is 1.91. The van der Waals surface area contributed by atoms with Gasteiger partial charge in [0.15, 0.2) is 0 Å². The molecule has 2 aromatic heterocycles. The summed E-state index contributed by atoms with van der Waals surface area (Å²) in [5.41, 5.74) is 9.26. The lowest BCUT2D eigenvalue weighted by Crippen LogP contribution is -2.43. The van der Waals surface area contributed by atoms with Gasteiger partial charge in [-0.05, 0) is 38.7 Å². The van der Waals surface area contributed by atoms with E-state index in [0.29, 0.717) is 18.5 Å². The predicted octanol–water partition coefficient (Wildman–Crippen LogP) is 0.697. The maximum atomic E-state index is 12.2. The Morgan fingerprint density at radius 3 is 2.76 bits per heavy atom. The van der Waals surface area contributed by atoms with Crippen molar-refractivity contribution in [2.75, 3.05) is 5.73 Å². The summed E-state index contributed by atoms with van der Waals surface area (Å²) in [6, 6.07) is 1.61. The zero-order valence-corrected chi connectivity index (χ0v) is 14.8. The molecule has 0 aromatic carbocycles. The number of aromatic nitrogens is 4. The first-order chi connectivity index (χ1) is 11.8. The van der Waals surface area contributed by atoms with Gasteiger partial charge in [-0.25, -0.2) is 4.98 Å². The quantitative estimate of drug-likeness (QED) is 0.737. The molecule has 25 heavy (non-hydrogen) atoms. The van der Waals surface area contributed by atoms with Crippen molar-refractivity contribution >= 4 is 11.9 Å². The number of nitrogen functional groups attached to an aromatic ring is 1. The van der Waals surface area contributed by atoms with Crippen LogP contribution in [0, 0.1) is 13.8 Å². The third-order valence-corrected chi connectivity index (χ3v) is 4.96. The van der Waals surface area contributed by atoms with Crippen LogP contribution >= 0.6 is 0 Å². The largest absolute Gasteiger partial charge is 0.369 e. The molecule has 2 heterocycles. The van der Waals surface area contributed by atoms with E-state index in [9.17, 15) is 9.59 Å². The van der Waals surface area contributed by atoms with E-state index in [1.807, 2.05) is 25.6 Å². The first-order valence-corrected chi connectivity index (χ1v) is 8.48. The molecule has 0 unspecified atom stereocenters. The normalized spacial score (nSPS) is 19.5. The van der Waals surface area contributed by atoms with E-state index in [2.05, 4.69) is 20.4 Å². The van der Waals surface area contributed by atoms with Crippen LogP contribution < -0.4 is 16.6 Å². The van der Waals surface area contributed by atoms with Gasteiger partial charge in [0, 0.05) is 37.2 Å². The highest BCUT2D eigenvalue weighted by Gasteiger charge is 2.32. The summed E-state index contributed by atoms with van der Waals surface area (Å²) in [6.07, 6.45) is 2.71. The molecule has 0 bridgehead atoms. The second-order valence-electron chi connectivity index (χ2n) is 6.76. The fraction of sp³-hybridized carbons (Fsp3) is 0.529. The Bertz CT molecular complexity index is 847. The standard InChI is InChI=1S/C17H24N6O2/c1-9-13(10(2)23(3)22-9)4-5-15(24)19-12-6-11(7-12)14-8-16(25)21-17(18)20-14/h8,11-12H,4-7H2,1-3H3,(H,19,24)(H3,18,20,21,25). The Hall–Kier alpha value is -2.64. The van der Waals surface area contributed by atoms with Crippen molar-refractivity contribution in [3.05, 3.63) is 39.1 Å². The van der Waals surface area contributed by atoms with Gasteiger partial charge in [-0.2, -0.15) is 5.10 Å². The number of rotatable bonds is 5. The lowest BCUT2D eigenvalue weighted by atomic mass is 9.78. The van der Waals surface area contributed by atoms with Crippen LogP contribution in [-0.4, -0.2) is 31.7 Å². The SMILES string of the molecule is Cc1nn(C)c(C)c1CCC(=O)NC1CC(c2cc(=O)[nH]c(N)n2)C1. The van der Waals surface area contributed by atoms with Crippen LogP contribution in [-0.2, 0) is 18.3 Å². The molecule has 2 aromatic rings. The van der Waals surface area contributed by atoms with Crippen molar-refractivity contribution in [1.82, 2.24) is 25.1 Å². The highest BCUT2D eigenvalue weighted by atomic mass is 16.1. The third-order valence-electron chi connectivity index (χ3n) is 4.96. The molecule has 0 radical (unpaired) electrons. The number of H-pyrrole nitrogens is 1. The van der Waals surface area contributed by atoms with Gasteiger partial charge in [-0.15, -0.1) is 0 Å². The molecule has 8 nitrogen and oxygen atoms in total. The number of carbonyl (C=O) groups excluding carboxylic acids is 1. The first kappa shape index (κ1) is 17.2. The van der Waals surface area contributed by atoms with Crippen LogP contribution in [0.4, 0.5) is 5.95 Å². The van der Waals surface area contributed by atoms with Gasteiger partial charge >= 0.3 is 0 Å². The van der Waals surface area contributed by atoms with Crippen LogP contribution in [0.15, 0.2) is 10.9 Å². The van der Waals surface area contributed by atoms with E-state index in [1.54, 1.807) is 0 Å². The average molecular weight is 344 g/mol. The van der Waals surface area contributed by atoms with Crippen LogP contribution in [0.25, 0.3) is 0 Å². The number of hydrogen-bond acceptors (Lipinski definition) is 5. The zero-order chi connectivity index (χ0) is 18.1. The number of aromatic amines is 1. The molecule has 4 N–H and O–H groups in total. The van der Waals surface area contributed by atoms with Gasteiger partial charge in [0.25, 0.3) is 5.56 Å². The number of amides is 1. The molecule has 0 saturated heterocycles. The number of aryl methyl sites for hydroxylation is 2. The lowest BCUT2D eigenvalue weighted by molar-refractivity contribution is -0.122. The van der Waals surface area contributed by atoms with Gasteiger partial charge in [-0.1, -0.05) is 0 Å². The minimum Gasteiger partial charge on any atom is -0.369 e. The van der Waals surface area contributed by atoms with Crippen LogP contribution in [0.2, 0.25) is 0 Å². The summed E-state index contributed by atoms with van der Waals surface area (Å²) in [4.78, 5) is 30.2. The molecule has 1 fully saturated rings. The highest BCUT2D eigenvalue weighted by Crippen LogP contribution is 2.35. The van der Waals surface area contributed by atoms with E-state index in [1.165, 1.54) is 6.07 Å². The van der Waals surface area contributed by atoms with Crippen LogP contribution in [0.5, 0.6) is 0 Å². The third kappa shape index (κ3) is 3.72. The Kier molecular flexibility index (Phi) is 4.61. The smallest absolute Gasteiger partial charge is 0.252 e.